The van der Waals surface area contributed by atoms with Crippen LogP contribution in [0.2, 0.25) is 0 Å². The molecular formula is C21H26OS2. The van der Waals surface area contributed by atoms with Crippen LogP contribution in [0.15, 0.2) is 60.7 Å². The van der Waals surface area contributed by atoms with E-state index in [4.69, 9.17) is 0 Å². The number of hydrogen-bond donors (Lipinski definition) is 0. The summed E-state index contributed by atoms with van der Waals surface area (Å²) >= 11 is 3.56. The zero-order valence-corrected chi connectivity index (χ0v) is 15.8. The third-order valence-electron chi connectivity index (χ3n) is 3.72. The molecule has 0 N–H and O–H groups in total. The van der Waals surface area contributed by atoms with Gasteiger partial charge < -0.3 is 0 Å². The Morgan fingerprint density at radius 3 is 1.50 bits per heavy atom. The van der Waals surface area contributed by atoms with Gasteiger partial charge in [0.1, 0.15) is 0 Å². The molecule has 0 amide bonds. The molecule has 0 heterocycles. The maximum absolute atomic E-state index is 11.9. The molecule has 0 aliphatic carbocycles. The van der Waals surface area contributed by atoms with Crippen molar-refractivity contribution < 1.29 is 4.79 Å². The van der Waals surface area contributed by atoms with Gasteiger partial charge in [-0.2, -0.15) is 23.5 Å². The summed E-state index contributed by atoms with van der Waals surface area (Å²) in [5, 5.41) is 0. The van der Waals surface area contributed by atoms with E-state index < -0.39 is 0 Å². The van der Waals surface area contributed by atoms with Crippen LogP contribution in [0.5, 0.6) is 0 Å². The highest BCUT2D eigenvalue weighted by molar-refractivity contribution is 8.01. The van der Waals surface area contributed by atoms with Gasteiger partial charge in [-0.15, -0.1) is 0 Å². The van der Waals surface area contributed by atoms with Crippen molar-refractivity contribution in [2.24, 2.45) is 0 Å². The van der Waals surface area contributed by atoms with Gasteiger partial charge in [-0.25, -0.2) is 0 Å². The van der Waals surface area contributed by atoms with E-state index in [-0.39, 0.29) is 0 Å². The lowest BCUT2D eigenvalue weighted by Crippen LogP contribution is -2.06. The number of benzene rings is 2. The summed E-state index contributed by atoms with van der Waals surface area (Å²) < 4.78 is 0. The predicted molar refractivity (Wildman–Crippen MR) is 109 cm³/mol. The van der Waals surface area contributed by atoms with E-state index in [0.717, 1.165) is 37.2 Å². The van der Waals surface area contributed by atoms with Gasteiger partial charge in [0.15, 0.2) is 5.78 Å². The van der Waals surface area contributed by atoms with E-state index in [1.54, 1.807) is 23.5 Å². The summed E-state index contributed by atoms with van der Waals surface area (Å²) in [7, 11) is 0. The van der Waals surface area contributed by atoms with Crippen LogP contribution < -0.4 is 0 Å². The van der Waals surface area contributed by atoms with Crippen LogP contribution in [0, 0.1) is 0 Å². The van der Waals surface area contributed by atoms with E-state index in [1.807, 2.05) is 0 Å². The molecule has 0 saturated carbocycles. The zero-order valence-electron chi connectivity index (χ0n) is 14.2. The number of Topliss-reactive ketones (excluding diaryl/α,β-unsaturated/α-hetero) is 1. The fourth-order valence-corrected chi connectivity index (χ4v) is 4.23. The van der Waals surface area contributed by atoms with Gasteiger partial charge in [0, 0.05) is 0 Å². The normalized spacial score (nSPS) is 10.7. The largest absolute Gasteiger partial charge is 0.298 e. The topological polar surface area (TPSA) is 17.1 Å². The van der Waals surface area contributed by atoms with Gasteiger partial charge in [-0.3, -0.25) is 4.79 Å². The Hall–Kier alpha value is -1.19. The molecule has 0 aromatic heterocycles. The molecule has 0 saturated heterocycles. The van der Waals surface area contributed by atoms with Gasteiger partial charge in [-0.05, 0) is 48.3 Å². The first kappa shape index (κ1) is 19.1. The lowest BCUT2D eigenvalue weighted by molar-refractivity contribution is -0.114. The molecule has 24 heavy (non-hydrogen) atoms. The number of hydrogen-bond acceptors (Lipinski definition) is 3. The summed E-state index contributed by atoms with van der Waals surface area (Å²) in [6.07, 6.45) is 4.50. The number of carbonyl (C=O) groups is 1. The fraction of sp³-hybridized carbons (Fsp3) is 0.381. The maximum Gasteiger partial charge on any atom is 0.152 e. The molecule has 2 rings (SSSR count). The van der Waals surface area contributed by atoms with Crippen LogP contribution in [0.3, 0.4) is 0 Å². The van der Waals surface area contributed by atoms with E-state index in [1.165, 1.54) is 11.1 Å². The quantitative estimate of drug-likeness (QED) is 0.480. The molecule has 0 aliphatic heterocycles. The number of thioether (sulfide) groups is 2. The SMILES string of the molecule is O=C(CSCCCc1ccccc1)CSCCCc1ccccc1. The van der Waals surface area contributed by atoms with E-state index in [9.17, 15) is 4.79 Å². The Kier molecular flexibility index (Phi) is 9.74. The summed E-state index contributed by atoms with van der Waals surface area (Å²) in [5.41, 5.74) is 2.77. The molecule has 128 valence electrons. The van der Waals surface area contributed by atoms with E-state index >= 15 is 0 Å². The number of aryl methyl sites for hydroxylation is 2. The monoisotopic (exact) mass is 358 g/mol. The standard InChI is InChI=1S/C21H26OS2/c22-21(17-23-15-7-13-19-9-3-1-4-10-19)18-24-16-8-14-20-11-5-2-6-12-20/h1-6,9-12H,7-8,13-18H2. The molecule has 0 bridgehead atoms. The van der Waals surface area contributed by atoms with Crippen LogP contribution >= 0.6 is 23.5 Å². The molecule has 0 atom stereocenters. The molecular weight excluding hydrogens is 332 g/mol. The molecule has 1 nitrogen and oxygen atoms in total. The second kappa shape index (κ2) is 12.2. The average Bonchev–Trinajstić information content (AvgIpc) is 2.63. The highest BCUT2D eigenvalue weighted by atomic mass is 32.2. The van der Waals surface area contributed by atoms with Gasteiger partial charge in [0.25, 0.3) is 0 Å². The van der Waals surface area contributed by atoms with Gasteiger partial charge >= 0.3 is 0 Å². The van der Waals surface area contributed by atoms with E-state index in [2.05, 4.69) is 60.7 Å². The Bertz CT molecular complexity index is 517. The Balaban J connectivity index is 1.42. The van der Waals surface area contributed by atoms with Gasteiger partial charge in [0.05, 0.1) is 11.5 Å². The molecule has 3 heteroatoms. The van der Waals surface area contributed by atoms with Crippen LogP contribution in [-0.2, 0) is 17.6 Å². The van der Waals surface area contributed by atoms with Crippen molar-refractivity contribution in [2.75, 3.05) is 23.0 Å². The molecule has 2 aromatic rings. The number of ketones is 1. The minimum atomic E-state index is 0.379. The first-order valence-electron chi connectivity index (χ1n) is 8.59. The molecule has 0 aliphatic rings. The van der Waals surface area contributed by atoms with Crippen molar-refractivity contribution in [1.29, 1.82) is 0 Å². The second-order valence-electron chi connectivity index (χ2n) is 5.82. The predicted octanol–water partition coefficient (Wildman–Crippen LogP) is 5.29. The highest BCUT2D eigenvalue weighted by Crippen LogP contribution is 2.11. The minimum Gasteiger partial charge on any atom is -0.298 e. The summed E-state index contributed by atoms with van der Waals surface area (Å²) in [5.74, 6) is 3.85. The Morgan fingerprint density at radius 1 is 0.667 bits per heavy atom. The van der Waals surface area contributed by atoms with Crippen LogP contribution in [0.25, 0.3) is 0 Å². The number of carbonyl (C=O) groups excluding carboxylic acids is 1. The Morgan fingerprint density at radius 2 is 1.08 bits per heavy atom. The smallest absolute Gasteiger partial charge is 0.152 e. The molecule has 0 unspecified atom stereocenters. The van der Waals surface area contributed by atoms with Crippen molar-refractivity contribution in [3.8, 4) is 0 Å². The molecule has 0 spiro atoms. The van der Waals surface area contributed by atoms with E-state index in [0.29, 0.717) is 17.3 Å². The molecule has 2 aromatic carbocycles. The third-order valence-corrected chi connectivity index (χ3v) is 5.93. The van der Waals surface area contributed by atoms with Crippen molar-refractivity contribution in [2.45, 2.75) is 25.7 Å². The van der Waals surface area contributed by atoms with Crippen molar-refractivity contribution in [1.82, 2.24) is 0 Å². The molecule has 0 fully saturated rings. The fourth-order valence-electron chi connectivity index (χ4n) is 2.46. The second-order valence-corrected chi connectivity index (χ2v) is 8.03. The number of rotatable bonds is 12. The third kappa shape index (κ3) is 8.60. The van der Waals surface area contributed by atoms with Crippen LogP contribution in [-0.4, -0.2) is 28.8 Å². The van der Waals surface area contributed by atoms with Crippen LogP contribution in [0.4, 0.5) is 0 Å². The molecule has 0 radical (unpaired) electrons. The van der Waals surface area contributed by atoms with Crippen molar-refractivity contribution >= 4 is 29.3 Å². The van der Waals surface area contributed by atoms with Crippen LogP contribution in [0.1, 0.15) is 24.0 Å². The van der Waals surface area contributed by atoms with Gasteiger partial charge in [-0.1, -0.05) is 60.7 Å². The average molecular weight is 359 g/mol. The lowest BCUT2D eigenvalue weighted by Gasteiger charge is -2.03. The van der Waals surface area contributed by atoms with Crippen molar-refractivity contribution in [3.63, 3.8) is 0 Å². The lowest BCUT2D eigenvalue weighted by atomic mass is 10.1. The summed E-state index contributed by atoms with van der Waals surface area (Å²) in [4.78, 5) is 11.9. The zero-order chi connectivity index (χ0) is 16.9. The Labute approximate surface area is 154 Å². The minimum absolute atomic E-state index is 0.379. The first-order valence-corrected chi connectivity index (χ1v) is 10.9. The van der Waals surface area contributed by atoms with Gasteiger partial charge in [0.2, 0.25) is 0 Å². The summed E-state index contributed by atoms with van der Waals surface area (Å²) in [6.45, 7) is 0. The van der Waals surface area contributed by atoms with Crippen molar-refractivity contribution in [3.05, 3.63) is 71.8 Å². The summed E-state index contributed by atoms with van der Waals surface area (Å²) in [6, 6.07) is 21.1. The highest BCUT2D eigenvalue weighted by Gasteiger charge is 2.03. The maximum atomic E-state index is 11.9. The first-order chi connectivity index (χ1) is 11.8.